The van der Waals surface area contributed by atoms with Gasteiger partial charge in [-0.3, -0.25) is 0 Å². The summed E-state index contributed by atoms with van der Waals surface area (Å²) in [6, 6.07) is 5.49. The van der Waals surface area contributed by atoms with Gasteiger partial charge in [0.05, 0.1) is 0 Å². The van der Waals surface area contributed by atoms with E-state index in [0.717, 1.165) is 17.7 Å². The van der Waals surface area contributed by atoms with Gasteiger partial charge in [-0.1, -0.05) is 12.5 Å². The molecule has 0 amide bonds. The molecule has 2 N–H and O–H groups in total. The van der Waals surface area contributed by atoms with Gasteiger partial charge in [-0.05, 0) is 62.0 Å². The maximum absolute atomic E-state index is 9.79. The van der Waals surface area contributed by atoms with E-state index in [1.807, 2.05) is 25.1 Å². The normalized spacial score (nSPS) is 33.3. The molecule has 3 aliphatic rings. The maximum Gasteiger partial charge on any atom is 0.123 e. The second kappa shape index (κ2) is 5.08. The van der Waals surface area contributed by atoms with Gasteiger partial charge in [0.2, 0.25) is 0 Å². The van der Waals surface area contributed by atoms with Crippen LogP contribution in [0.2, 0.25) is 0 Å². The van der Waals surface area contributed by atoms with Crippen LogP contribution < -0.4 is 4.74 Å². The molecule has 22 heavy (non-hydrogen) atoms. The summed E-state index contributed by atoms with van der Waals surface area (Å²) in [6.45, 7) is 1.96. The Kier molecular flexibility index (Phi) is 3.17. The van der Waals surface area contributed by atoms with Crippen LogP contribution in [-0.4, -0.2) is 16.3 Å². The molecule has 0 bridgehead atoms. The molecule has 1 aliphatic heterocycles. The second-order valence-corrected chi connectivity index (χ2v) is 6.84. The molecule has 116 valence electrons. The number of aliphatic hydroxyl groups excluding tert-OH is 1. The van der Waals surface area contributed by atoms with Gasteiger partial charge >= 0.3 is 0 Å². The van der Waals surface area contributed by atoms with Crippen molar-refractivity contribution < 1.29 is 14.9 Å². The second-order valence-electron chi connectivity index (χ2n) is 6.84. The van der Waals surface area contributed by atoms with Crippen LogP contribution in [0.4, 0.5) is 0 Å². The molecule has 4 atom stereocenters. The van der Waals surface area contributed by atoms with Crippen molar-refractivity contribution in [3.8, 4) is 11.5 Å². The molecular weight excluding hydrogens is 276 g/mol. The molecule has 0 spiro atoms. The first-order valence-electron chi connectivity index (χ1n) is 8.21. The molecule has 4 rings (SSSR count). The number of hydrogen-bond acceptors (Lipinski definition) is 3. The molecule has 2 aliphatic carbocycles. The number of aromatic hydroxyl groups is 1. The lowest BCUT2D eigenvalue weighted by molar-refractivity contribution is 0.0672. The molecule has 0 radical (unpaired) electrons. The first kappa shape index (κ1) is 13.7. The molecule has 3 nitrogen and oxygen atoms in total. The maximum atomic E-state index is 9.79. The fourth-order valence-corrected chi connectivity index (χ4v) is 4.45. The van der Waals surface area contributed by atoms with Crippen LogP contribution in [0.3, 0.4) is 0 Å². The van der Waals surface area contributed by atoms with Gasteiger partial charge in [0.1, 0.15) is 23.4 Å². The minimum Gasteiger partial charge on any atom is -0.508 e. The summed E-state index contributed by atoms with van der Waals surface area (Å²) >= 11 is 0. The van der Waals surface area contributed by atoms with E-state index in [0.29, 0.717) is 29.3 Å². The number of rotatable bonds is 1. The first-order valence-corrected chi connectivity index (χ1v) is 8.21. The summed E-state index contributed by atoms with van der Waals surface area (Å²) in [7, 11) is 0. The zero-order valence-electron chi connectivity index (χ0n) is 12.8. The van der Waals surface area contributed by atoms with Crippen molar-refractivity contribution >= 4 is 0 Å². The topological polar surface area (TPSA) is 49.7 Å². The minimum absolute atomic E-state index is 0.170. The highest BCUT2D eigenvalue weighted by Crippen LogP contribution is 2.52. The van der Waals surface area contributed by atoms with E-state index in [1.54, 1.807) is 6.07 Å². The lowest BCUT2D eigenvalue weighted by Crippen LogP contribution is -2.39. The van der Waals surface area contributed by atoms with Crippen molar-refractivity contribution in [1.82, 2.24) is 0 Å². The average molecular weight is 298 g/mol. The highest BCUT2D eigenvalue weighted by Gasteiger charge is 2.44. The monoisotopic (exact) mass is 298 g/mol. The van der Waals surface area contributed by atoms with E-state index in [-0.39, 0.29) is 6.10 Å². The van der Waals surface area contributed by atoms with Crippen molar-refractivity contribution in [2.45, 2.75) is 44.6 Å². The Morgan fingerprint density at radius 2 is 2.05 bits per heavy atom. The van der Waals surface area contributed by atoms with Crippen molar-refractivity contribution in [2.75, 3.05) is 0 Å². The molecule has 1 aromatic carbocycles. The van der Waals surface area contributed by atoms with Crippen LogP contribution in [0.25, 0.3) is 0 Å². The summed E-state index contributed by atoms with van der Waals surface area (Å²) in [4.78, 5) is 0. The predicted octanol–water partition coefficient (Wildman–Crippen LogP) is 4.45. The highest BCUT2D eigenvalue weighted by molar-refractivity contribution is 5.45. The Morgan fingerprint density at radius 1 is 1.18 bits per heavy atom. The van der Waals surface area contributed by atoms with E-state index in [4.69, 9.17) is 4.74 Å². The largest absolute Gasteiger partial charge is 0.508 e. The fraction of sp³-hybridized carbons (Fsp3) is 0.474. The zero-order valence-corrected chi connectivity index (χ0v) is 12.8. The van der Waals surface area contributed by atoms with Gasteiger partial charge in [-0.25, -0.2) is 0 Å². The van der Waals surface area contributed by atoms with E-state index in [1.165, 1.54) is 24.8 Å². The molecule has 0 saturated heterocycles. The first-order chi connectivity index (χ1) is 10.6. The van der Waals surface area contributed by atoms with Crippen LogP contribution in [0.1, 0.15) is 44.1 Å². The minimum atomic E-state index is 0.170. The predicted molar refractivity (Wildman–Crippen MR) is 85.2 cm³/mol. The van der Waals surface area contributed by atoms with Gasteiger partial charge in [0, 0.05) is 17.4 Å². The van der Waals surface area contributed by atoms with E-state index < -0.39 is 0 Å². The molecule has 1 unspecified atom stereocenters. The van der Waals surface area contributed by atoms with Crippen LogP contribution >= 0.6 is 0 Å². The number of ether oxygens (including phenoxy) is 1. The summed E-state index contributed by atoms with van der Waals surface area (Å²) < 4.78 is 6.36. The number of benzene rings is 1. The Bertz CT molecular complexity index is 659. The summed E-state index contributed by atoms with van der Waals surface area (Å²) in [5.41, 5.74) is 2.12. The number of fused-ring (bicyclic) bond motifs is 3. The van der Waals surface area contributed by atoms with Crippen molar-refractivity contribution in [3.63, 3.8) is 0 Å². The molecular formula is C19H22O3. The molecule has 1 saturated carbocycles. The van der Waals surface area contributed by atoms with Gasteiger partial charge in [0.25, 0.3) is 0 Å². The number of hydrogen-bond donors (Lipinski definition) is 2. The molecule has 1 fully saturated rings. The lowest BCUT2D eigenvalue weighted by atomic mass is 9.75. The van der Waals surface area contributed by atoms with Crippen LogP contribution in [-0.2, 0) is 0 Å². The smallest absolute Gasteiger partial charge is 0.123 e. The molecule has 3 heteroatoms. The quantitative estimate of drug-likeness (QED) is 0.805. The third kappa shape index (κ3) is 2.11. The molecule has 0 aromatic heterocycles. The Labute approximate surface area is 130 Å². The summed E-state index contributed by atoms with van der Waals surface area (Å²) in [5, 5.41) is 19.6. The summed E-state index contributed by atoms with van der Waals surface area (Å²) in [6.07, 6.45) is 8.68. The van der Waals surface area contributed by atoms with Gasteiger partial charge in [-0.15, -0.1) is 0 Å². The zero-order chi connectivity index (χ0) is 15.3. The lowest BCUT2D eigenvalue weighted by Gasteiger charge is -2.40. The molecule has 1 aromatic rings. The highest BCUT2D eigenvalue weighted by atomic mass is 16.5. The van der Waals surface area contributed by atoms with Crippen LogP contribution in [0.5, 0.6) is 11.5 Å². The third-order valence-electron chi connectivity index (χ3n) is 5.52. The average Bonchev–Trinajstić information content (AvgIpc) is 2.99. The number of phenolic OH excluding ortho intramolecular Hbond substituents is 1. The van der Waals surface area contributed by atoms with Gasteiger partial charge < -0.3 is 14.9 Å². The van der Waals surface area contributed by atoms with E-state index in [2.05, 4.69) is 6.08 Å². The number of phenols is 1. The van der Waals surface area contributed by atoms with Crippen LogP contribution in [0, 0.1) is 11.8 Å². The number of aliphatic hydroxyl groups is 1. The Morgan fingerprint density at radius 3 is 2.86 bits per heavy atom. The SMILES string of the molecule is CC1=CC([C@@H]2Oc3ccc(O)cc3[C@H]3CCC[C@H]32)CC=C1O. The molecule has 1 heterocycles. The fourth-order valence-electron chi connectivity index (χ4n) is 4.45. The van der Waals surface area contributed by atoms with Gasteiger partial charge in [-0.2, -0.15) is 0 Å². The Hall–Kier alpha value is -1.90. The number of allylic oxidation sites excluding steroid dienone is 2. The summed E-state index contributed by atoms with van der Waals surface area (Å²) in [5.74, 6) is 2.98. The Balaban J connectivity index is 1.69. The van der Waals surface area contributed by atoms with E-state index >= 15 is 0 Å². The van der Waals surface area contributed by atoms with Crippen molar-refractivity contribution in [2.24, 2.45) is 11.8 Å². The third-order valence-corrected chi connectivity index (χ3v) is 5.52. The van der Waals surface area contributed by atoms with Gasteiger partial charge in [0.15, 0.2) is 0 Å². The van der Waals surface area contributed by atoms with Crippen molar-refractivity contribution in [3.05, 3.63) is 47.2 Å². The van der Waals surface area contributed by atoms with E-state index in [9.17, 15) is 10.2 Å². The van der Waals surface area contributed by atoms with Crippen molar-refractivity contribution in [1.29, 1.82) is 0 Å². The van der Waals surface area contributed by atoms with Crippen LogP contribution in [0.15, 0.2) is 41.7 Å². The standard InChI is InChI=1S/C19H22O3/c1-11-9-12(5-7-17(11)21)19-15-4-2-3-14(15)16-10-13(20)6-8-18(16)22-19/h6-10,12,14-15,19-21H,2-5H2,1H3/t12?,14-,15+,19-/m0/s1.